The zero-order chi connectivity index (χ0) is 33.0. The predicted molar refractivity (Wildman–Crippen MR) is 95.3 cm³/mol. The maximum Gasteiger partial charge on any atom is 0.127 e. The van der Waals surface area contributed by atoms with Gasteiger partial charge in [0.2, 0.25) is 0 Å². The van der Waals surface area contributed by atoms with Crippen LogP contribution >= 0.6 is 0 Å². The summed E-state index contributed by atoms with van der Waals surface area (Å²) < 4.78 is 165. The summed E-state index contributed by atoms with van der Waals surface area (Å²) in [6.45, 7) is -9.97. The van der Waals surface area contributed by atoms with E-state index in [1.165, 1.54) is 0 Å². The van der Waals surface area contributed by atoms with Crippen molar-refractivity contribution in [2.75, 3.05) is 0 Å². The van der Waals surface area contributed by atoms with Crippen LogP contribution in [-0.2, 0) is 6.37 Å². The van der Waals surface area contributed by atoms with Crippen LogP contribution in [0.3, 0.4) is 0 Å². The van der Waals surface area contributed by atoms with Crippen molar-refractivity contribution in [1.29, 1.82) is 0 Å². The minimum Gasteiger partial charge on any atom is -0.507 e. The topological polar surface area (TPSA) is 29.5 Å². The van der Waals surface area contributed by atoms with Crippen molar-refractivity contribution in [1.82, 2.24) is 0 Å². The summed E-state index contributed by atoms with van der Waals surface area (Å²) in [4.78, 5) is 0. The van der Waals surface area contributed by atoms with E-state index >= 15 is 0 Å². The summed E-state index contributed by atoms with van der Waals surface area (Å²) in [5.74, 6) is -9.18. The zero-order valence-electron chi connectivity index (χ0n) is 31.6. The molecule has 1 aliphatic carbocycles. The lowest BCUT2D eigenvalue weighted by molar-refractivity contribution is 0.0107. The molecule has 0 aromatic heterocycles. The average Bonchev–Trinajstić information content (AvgIpc) is 2.76. The Morgan fingerprint density at radius 2 is 2.39 bits per heavy atom. The first kappa shape index (κ1) is 5.03. The fraction of sp³-hybridized carbons (Fsp3) is 0.619. The van der Waals surface area contributed by atoms with Crippen LogP contribution < -0.4 is 4.74 Å². The van der Waals surface area contributed by atoms with Crippen molar-refractivity contribution >= 4 is 0 Å². The minimum absolute atomic E-state index is 0.231. The second-order valence-corrected chi connectivity index (χ2v) is 5.40. The zero-order valence-corrected chi connectivity index (χ0v) is 12.6. The van der Waals surface area contributed by atoms with Gasteiger partial charge in [-0.15, -0.1) is 0 Å². The molecule has 126 valence electrons. The number of allylic oxidation sites excluding steroid dienone is 2. The Labute approximate surface area is 167 Å². The van der Waals surface area contributed by atoms with Gasteiger partial charge in [-0.3, -0.25) is 0 Å². The molecule has 2 aliphatic rings. The molecule has 1 aliphatic heterocycles. The molecule has 0 amide bonds. The highest BCUT2D eigenvalue weighted by Crippen LogP contribution is 2.53. The molecule has 23 heavy (non-hydrogen) atoms. The molecule has 2 atom stereocenters. The van der Waals surface area contributed by atoms with Gasteiger partial charge < -0.3 is 9.84 Å². The van der Waals surface area contributed by atoms with Gasteiger partial charge in [-0.2, -0.15) is 0 Å². The molecule has 2 nitrogen and oxygen atoms in total. The number of rotatable bonds is 4. The highest BCUT2D eigenvalue weighted by molar-refractivity contribution is 5.53. The standard InChI is InChI=1S/C21H30O2/c1-5-6-7-8-15-12-18(22)20-16-11-14(2)9-10-17(16)21(3,4)23-19(20)13-15/h11-13,16-17,22H,5-10H2,1-4H3/t16-,17-/m1/s1/i2D3,3D3,4D3,8D2,9D2,10D2,11D,12D,13D,17D. The van der Waals surface area contributed by atoms with Crippen LogP contribution in [0.2, 0.25) is 0 Å². The molecule has 2 heteroatoms. The highest BCUT2D eigenvalue weighted by atomic mass is 16.5. The Kier molecular flexibility index (Phi) is 1.36. The first-order valence-electron chi connectivity index (χ1n) is 16.8. The first-order chi connectivity index (χ1) is 18.5. The first-order valence-corrected chi connectivity index (χ1v) is 7.31. The number of hydrogen-bond donors (Lipinski definition) is 1. The summed E-state index contributed by atoms with van der Waals surface area (Å²) in [5.41, 5.74) is -7.53. The summed E-state index contributed by atoms with van der Waals surface area (Å²) in [5, 5.41) is 11.2. The van der Waals surface area contributed by atoms with Gasteiger partial charge in [0, 0.05) is 39.3 Å². The number of aromatic hydroxyl groups is 1. The third-order valence-electron chi connectivity index (χ3n) is 3.64. The van der Waals surface area contributed by atoms with Crippen molar-refractivity contribution < 1.29 is 35.9 Å². The molecule has 1 aromatic carbocycles. The maximum absolute atomic E-state index is 11.2. The molecule has 1 heterocycles. The van der Waals surface area contributed by atoms with Gasteiger partial charge in [0.15, 0.2) is 0 Å². The molecule has 1 N–H and O–H groups in total. The van der Waals surface area contributed by atoms with E-state index in [4.69, 9.17) is 29.4 Å². The van der Waals surface area contributed by atoms with E-state index in [0.717, 1.165) is 0 Å². The quantitative estimate of drug-likeness (QED) is 0.712. The molecular weight excluding hydrogens is 284 g/mol. The van der Waals surface area contributed by atoms with Crippen LogP contribution in [0.15, 0.2) is 23.7 Å². The Morgan fingerprint density at radius 1 is 1.52 bits per heavy atom. The van der Waals surface area contributed by atoms with E-state index in [9.17, 15) is 6.48 Å². The average molecular weight is 334 g/mol. The van der Waals surface area contributed by atoms with E-state index in [1.807, 2.05) is 0 Å². The normalized spacial score (nSPS) is 47.5. The van der Waals surface area contributed by atoms with Crippen LogP contribution in [0.1, 0.15) is 103 Å². The summed E-state index contributed by atoms with van der Waals surface area (Å²) >= 11 is 0. The van der Waals surface area contributed by atoms with Gasteiger partial charge >= 0.3 is 0 Å². The van der Waals surface area contributed by atoms with Crippen LogP contribution in [-0.4, -0.2) is 10.7 Å². The van der Waals surface area contributed by atoms with Gasteiger partial charge in [0.1, 0.15) is 17.1 Å². The van der Waals surface area contributed by atoms with E-state index in [-0.39, 0.29) is 12.8 Å². The van der Waals surface area contributed by atoms with Crippen molar-refractivity contribution in [3.63, 3.8) is 0 Å². The SMILES string of the molecule is [2H]C1=C(C([2H])([2H])[2H])C([2H])([2H])C([2H])([2H])[C@]2([2H])[C@@H]1c1c(O)c([2H])c(C([2H])([2H])CCCC)c([2H])c1OC2(C([2H])([2H])[2H])C([2H])([2H])[2H]. The monoisotopic (exact) mass is 333 g/mol. The lowest BCUT2D eigenvalue weighted by Gasteiger charge is -2.46. The number of hydrogen-bond acceptors (Lipinski definition) is 2. The molecule has 0 fully saturated rings. The van der Waals surface area contributed by atoms with Crippen molar-refractivity contribution in [3.05, 3.63) is 34.8 Å². The van der Waals surface area contributed by atoms with Crippen LogP contribution in [0, 0.1) is 5.89 Å². The van der Waals surface area contributed by atoms with E-state index < -0.39 is 103 Å². The highest BCUT2D eigenvalue weighted by Gasteiger charge is 2.45. The van der Waals surface area contributed by atoms with Crippen molar-refractivity contribution in [3.8, 4) is 11.5 Å². The fourth-order valence-electron chi connectivity index (χ4n) is 2.50. The molecule has 0 bridgehead atoms. The number of benzene rings is 1. The van der Waals surface area contributed by atoms with Crippen LogP contribution in [0.25, 0.3) is 0 Å². The second kappa shape index (κ2) is 6.22. The van der Waals surface area contributed by atoms with Crippen molar-refractivity contribution in [2.24, 2.45) is 5.89 Å². The van der Waals surface area contributed by atoms with Crippen molar-refractivity contribution in [2.45, 2.75) is 77.4 Å². The van der Waals surface area contributed by atoms with Crippen LogP contribution in [0.5, 0.6) is 11.5 Å². The second-order valence-electron chi connectivity index (χ2n) is 5.40. The lowest BCUT2D eigenvalue weighted by Crippen LogP contribution is -2.45. The Balaban J connectivity index is 2.75. The molecule has 0 saturated carbocycles. The van der Waals surface area contributed by atoms with Crippen LogP contribution in [0.4, 0.5) is 0 Å². The Bertz CT molecular complexity index is 1290. The van der Waals surface area contributed by atoms with Gasteiger partial charge in [-0.25, -0.2) is 0 Å². The van der Waals surface area contributed by atoms with E-state index in [1.54, 1.807) is 6.92 Å². The third-order valence-corrected chi connectivity index (χ3v) is 3.64. The van der Waals surface area contributed by atoms with E-state index in [0.29, 0.717) is 6.42 Å². The molecule has 0 saturated heterocycles. The number of fused-ring (bicyclic) bond motifs is 3. The number of phenols is 1. The predicted octanol–water partition coefficient (Wildman–Crippen LogP) is 5.74. The molecule has 0 radical (unpaired) electrons. The molecule has 0 spiro atoms. The summed E-state index contributed by atoms with van der Waals surface area (Å²) in [6, 6.07) is -3.66. The number of ether oxygens (including phenoxy) is 1. The van der Waals surface area contributed by atoms with Gasteiger partial charge in [0.05, 0.1) is 4.11 Å². The van der Waals surface area contributed by atoms with Gasteiger partial charge in [-0.1, -0.05) is 31.4 Å². The molecule has 0 unspecified atom stereocenters. The Morgan fingerprint density at radius 3 is 3.13 bits per heavy atom. The number of unbranched alkanes of at least 4 members (excludes halogenated alkanes) is 1. The molecule has 1 aromatic rings. The van der Waals surface area contributed by atoms with Gasteiger partial charge in [-0.05, 0) is 63.7 Å². The van der Waals surface area contributed by atoms with E-state index in [2.05, 4.69) is 0 Å². The fourth-order valence-corrected chi connectivity index (χ4v) is 2.50. The molecular formula is C21H30O2. The molecule has 3 rings (SSSR count). The third kappa shape index (κ3) is 3.13. The summed E-state index contributed by atoms with van der Waals surface area (Å²) in [7, 11) is 0. The maximum atomic E-state index is 11.2. The largest absolute Gasteiger partial charge is 0.507 e. The summed E-state index contributed by atoms with van der Waals surface area (Å²) in [6.07, 6.45) is -10.1. The number of phenolic OH excluding ortho intramolecular Hbond substituents is 1. The minimum atomic E-state index is -4.10. The smallest absolute Gasteiger partial charge is 0.127 e. The van der Waals surface area contributed by atoms with Gasteiger partial charge in [0.25, 0.3) is 0 Å². The lowest BCUT2D eigenvalue weighted by atomic mass is 9.68. The Hall–Kier alpha value is -1.44.